The van der Waals surface area contributed by atoms with Gasteiger partial charge in [0.15, 0.2) is 0 Å². The summed E-state index contributed by atoms with van der Waals surface area (Å²) in [4.78, 5) is 22.1. The second kappa shape index (κ2) is 6.34. The van der Waals surface area contributed by atoms with Gasteiger partial charge in [0.2, 0.25) is 5.91 Å². The van der Waals surface area contributed by atoms with Crippen LogP contribution in [0.25, 0.3) is 0 Å². The van der Waals surface area contributed by atoms with E-state index in [1.54, 1.807) is 0 Å². The van der Waals surface area contributed by atoms with Crippen molar-refractivity contribution in [1.29, 1.82) is 0 Å². The first-order valence-corrected chi connectivity index (χ1v) is 7.91. The molecule has 1 aliphatic heterocycles. The van der Waals surface area contributed by atoms with Gasteiger partial charge in [0.25, 0.3) is 0 Å². The number of piperidine rings is 1. The van der Waals surface area contributed by atoms with Crippen LogP contribution in [0.15, 0.2) is 18.5 Å². The Kier molecular flexibility index (Phi) is 4.27. The number of carbonyl (C=O) groups is 1. The third kappa shape index (κ3) is 3.37. The van der Waals surface area contributed by atoms with Crippen molar-refractivity contribution in [2.75, 3.05) is 13.1 Å². The molecule has 0 bridgehead atoms. The Bertz CT molecular complexity index is 645. The van der Waals surface area contributed by atoms with Crippen LogP contribution in [0.2, 0.25) is 0 Å². The number of aromatic amines is 1. The largest absolute Gasteiger partial charge is 0.346 e. The van der Waals surface area contributed by atoms with Crippen LogP contribution in [0.3, 0.4) is 0 Å². The number of aromatic nitrogens is 4. The summed E-state index contributed by atoms with van der Waals surface area (Å²) in [6.07, 6.45) is 6.42. The van der Waals surface area contributed by atoms with Crippen LogP contribution in [0.1, 0.15) is 42.4 Å². The van der Waals surface area contributed by atoms with Gasteiger partial charge in [-0.15, -0.1) is 0 Å². The van der Waals surface area contributed by atoms with Gasteiger partial charge in [0.1, 0.15) is 5.82 Å². The molecule has 3 rings (SSSR count). The van der Waals surface area contributed by atoms with Gasteiger partial charge < -0.3 is 9.88 Å². The summed E-state index contributed by atoms with van der Waals surface area (Å²) in [5, 5.41) is 4.32. The molecule has 0 aromatic carbocycles. The van der Waals surface area contributed by atoms with E-state index in [0.717, 1.165) is 43.1 Å². The second-order valence-electron chi connectivity index (χ2n) is 6.10. The molecule has 1 saturated heterocycles. The number of carbonyl (C=O) groups excluding carboxylic acids is 1. The molecular weight excluding hydrogens is 278 g/mol. The number of aryl methyl sites for hydroxylation is 3. The Hall–Kier alpha value is -2.11. The van der Waals surface area contributed by atoms with Crippen molar-refractivity contribution in [3.05, 3.63) is 35.7 Å². The Labute approximate surface area is 130 Å². The molecule has 1 atom stereocenters. The highest BCUT2D eigenvalue weighted by atomic mass is 16.2. The standard InChI is InChI=1S/C16H23N5O/c1-12-5-8-21(19-12)9-6-15(22)20-7-3-4-14(11-20)16-17-10-13(2)18-16/h5,8,10,14H,3-4,6-7,9,11H2,1-2H3,(H,17,18). The SMILES string of the molecule is Cc1ccn(CCC(=O)N2CCCC(c3ncc(C)[nH]3)C2)n1. The Morgan fingerprint density at radius 1 is 1.45 bits per heavy atom. The number of rotatable bonds is 4. The lowest BCUT2D eigenvalue weighted by Gasteiger charge is -2.32. The third-order valence-electron chi connectivity index (χ3n) is 4.21. The zero-order valence-corrected chi connectivity index (χ0v) is 13.2. The van der Waals surface area contributed by atoms with E-state index in [1.807, 2.05) is 41.9 Å². The average molecular weight is 301 g/mol. The fourth-order valence-corrected chi connectivity index (χ4v) is 3.02. The van der Waals surface area contributed by atoms with Crippen LogP contribution in [-0.4, -0.2) is 43.6 Å². The van der Waals surface area contributed by atoms with Crippen LogP contribution in [0.5, 0.6) is 0 Å². The molecule has 1 aliphatic rings. The van der Waals surface area contributed by atoms with Crippen molar-refractivity contribution < 1.29 is 4.79 Å². The number of imidazole rings is 1. The molecule has 0 aliphatic carbocycles. The summed E-state index contributed by atoms with van der Waals surface area (Å²) in [6.45, 7) is 6.23. The van der Waals surface area contributed by atoms with Crippen molar-refractivity contribution in [2.45, 2.75) is 45.6 Å². The van der Waals surface area contributed by atoms with E-state index < -0.39 is 0 Å². The number of likely N-dealkylation sites (tertiary alicyclic amines) is 1. The number of H-pyrrole nitrogens is 1. The van der Waals surface area contributed by atoms with E-state index in [4.69, 9.17) is 0 Å². The summed E-state index contributed by atoms with van der Waals surface area (Å²) in [5.74, 6) is 1.55. The minimum absolute atomic E-state index is 0.209. The van der Waals surface area contributed by atoms with E-state index >= 15 is 0 Å². The van der Waals surface area contributed by atoms with Crippen LogP contribution in [0, 0.1) is 13.8 Å². The van der Waals surface area contributed by atoms with Gasteiger partial charge in [-0.05, 0) is 32.8 Å². The Morgan fingerprint density at radius 2 is 2.32 bits per heavy atom. The van der Waals surface area contributed by atoms with Gasteiger partial charge in [0, 0.05) is 50.1 Å². The summed E-state index contributed by atoms with van der Waals surface area (Å²) < 4.78 is 1.84. The Morgan fingerprint density at radius 3 is 3.00 bits per heavy atom. The van der Waals surface area contributed by atoms with Gasteiger partial charge >= 0.3 is 0 Å². The normalized spacial score (nSPS) is 18.6. The molecule has 0 spiro atoms. The molecule has 0 saturated carbocycles. The lowest BCUT2D eigenvalue weighted by molar-refractivity contribution is -0.132. The van der Waals surface area contributed by atoms with Gasteiger partial charge in [-0.2, -0.15) is 5.10 Å². The molecule has 22 heavy (non-hydrogen) atoms. The zero-order chi connectivity index (χ0) is 15.5. The molecule has 2 aromatic heterocycles. The van der Waals surface area contributed by atoms with Gasteiger partial charge in [-0.1, -0.05) is 0 Å². The maximum Gasteiger partial charge on any atom is 0.224 e. The molecule has 1 fully saturated rings. The summed E-state index contributed by atoms with van der Waals surface area (Å²) in [6, 6.07) is 1.96. The maximum atomic E-state index is 12.4. The lowest BCUT2D eigenvalue weighted by Crippen LogP contribution is -2.39. The smallest absolute Gasteiger partial charge is 0.224 e. The highest BCUT2D eigenvalue weighted by Crippen LogP contribution is 2.25. The van der Waals surface area contributed by atoms with Gasteiger partial charge in [-0.25, -0.2) is 4.98 Å². The molecule has 118 valence electrons. The van der Waals surface area contributed by atoms with Crippen LogP contribution < -0.4 is 0 Å². The minimum Gasteiger partial charge on any atom is -0.346 e. The predicted octanol–water partition coefficient (Wildman–Crippen LogP) is 2.02. The third-order valence-corrected chi connectivity index (χ3v) is 4.21. The van der Waals surface area contributed by atoms with Crippen molar-refractivity contribution in [2.24, 2.45) is 0 Å². The molecule has 1 N–H and O–H groups in total. The first-order chi connectivity index (χ1) is 10.6. The van der Waals surface area contributed by atoms with Crippen LogP contribution in [-0.2, 0) is 11.3 Å². The predicted molar refractivity (Wildman–Crippen MR) is 83.5 cm³/mol. The van der Waals surface area contributed by atoms with E-state index in [1.165, 1.54) is 0 Å². The number of hydrogen-bond donors (Lipinski definition) is 1. The van der Waals surface area contributed by atoms with Crippen molar-refractivity contribution in [3.8, 4) is 0 Å². The van der Waals surface area contributed by atoms with Gasteiger partial charge in [0.05, 0.1) is 5.69 Å². The highest BCUT2D eigenvalue weighted by Gasteiger charge is 2.26. The van der Waals surface area contributed by atoms with Crippen LogP contribution in [0.4, 0.5) is 0 Å². The molecule has 0 radical (unpaired) electrons. The summed E-state index contributed by atoms with van der Waals surface area (Å²) in [7, 11) is 0. The monoisotopic (exact) mass is 301 g/mol. The molecule has 1 unspecified atom stereocenters. The van der Waals surface area contributed by atoms with Crippen molar-refractivity contribution >= 4 is 5.91 Å². The first-order valence-electron chi connectivity index (χ1n) is 7.91. The minimum atomic E-state index is 0.209. The molecule has 6 nitrogen and oxygen atoms in total. The fourth-order valence-electron chi connectivity index (χ4n) is 3.02. The number of amides is 1. The van der Waals surface area contributed by atoms with E-state index in [-0.39, 0.29) is 5.91 Å². The van der Waals surface area contributed by atoms with Crippen LogP contribution >= 0.6 is 0 Å². The molecular formula is C16H23N5O. The zero-order valence-electron chi connectivity index (χ0n) is 13.2. The number of hydrogen-bond acceptors (Lipinski definition) is 3. The molecule has 3 heterocycles. The van der Waals surface area contributed by atoms with Crippen molar-refractivity contribution in [3.63, 3.8) is 0 Å². The second-order valence-corrected chi connectivity index (χ2v) is 6.10. The number of nitrogens with zero attached hydrogens (tertiary/aromatic N) is 4. The maximum absolute atomic E-state index is 12.4. The summed E-state index contributed by atoms with van der Waals surface area (Å²) in [5.41, 5.74) is 2.06. The fraction of sp³-hybridized carbons (Fsp3) is 0.562. The molecule has 1 amide bonds. The van der Waals surface area contributed by atoms with E-state index in [9.17, 15) is 4.79 Å². The van der Waals surface area contributed by atoms with E-state index in [0.29, 0.717) is 18.9 Å². The summed E-state index contributed by atoms with van der Waals surface area (Å²) >= 11 is 0. The quantitative estimate of drug-likeness (QED) is 0.939. The lowest BCUT2D eigenvalue weighted by atomic mass is 9.97. The Balaban J connectivity index is 1.55. The molecule has 6 heteroatoms. The average Bonchev–Trinajstić information content (AvgIpc) is 3.13. The first kappa shape index (κ1) is 14.8. The highest BCUT2D eigenvalue weighted by molar-refractivity contribution is 5.76. The molecule has 2 aromatic rings. The van der Waals surface area contributed by atoms with Gasteiger partial charge in [-0.3, -0.25) is 9.48 Å². The van der Waals surface area contributed by atoms with Crippen molar-refractivity contribution in [1.82, 2.24) is 24.6 Å². The number of nitrogens with one attached hydrogen (secondary N) is 1. The van der Waals surface area contributed by atoms with E-state index in [2.05, 4.69) is 15.1 Å². The topological polar surface area (TPSA) is 66.8 Å².